The number of carboxylic acids is 1. The zero-order valence-corrected chi connectivity index (χ0v) is 23.9. The number of hydrogen-bond donors (Lipinski definition) is 2. The molecule has 0 spiro atoms. The van der Waals surface area contributed by atoms with Gasteiger partial charge in [-0.05, 0) is 19.4 Å². The first-order chi connectivity index (χ1) is 16.7. The zero-order valence-electron chi connectivity index (χ0n) is 18.5. The molecule has 192 valence electrons. The van der Waals surface area contributed by atoms with E-state index in [9.17, 15) is 19.5 Å². The average Bonchev–Trinajstić information content (AvgIpc) is 3.31. The summed E-state index contributed by atoms with van der Waals surface area (Å²) >= 11 is 39.9. The molecule has 1 aromatic heterocycles. The molecule has 13 heteroatoms. The second-order valence-electron chi connectivity index (χ2n) is 8.35. The predicted octanol–water partition coefficient (Wildman–Crippen LogP) is 7.00. The topological polar surface area (TPSA) is 92.7 Å². The largest absolute Gasteiger partial charge is 0.481 e. The number of carbonyl (C=O) groups is 3. The molecule has 1 amide bonds. The van der Waals surface area contributed by atoms with Crippen LogP contribution in [0.2, 0.25) is 0 Å². The molecule has 2 bridgehead atoms. The second kappa shape index (κ2) is 9.53. The Kier molecular flexibility index (Phi) is 7.37. The summed E-state index contributed by atoms with van der Waals surface area (Å²) in [6, 6.07) is 7.41. The number of amides is 1. The first-order valence-corrected chi connectivity index (χ1v) is 13.6. The SMILES string of the molecule is CCOC(=O)c1c(-c2ccc(C)cc2)csc1NC(=O)[C@H]1[C@@H](C(=O)O)[C@@]2(Cl)C(Cl)=C(Cl)[C@@]1(Cl)C2(Cl)Cl. The van der Waals surface area contributed by atoms with Crippen LogP contribution in [0.15, 0.2) is 39.7 Å². The molecule has 4 atom stereocenters. The normalized spacial score (nSPS) is 28.3. The number of alkyl halides is 4. The van der Waals surface area contributed by atoms with Gasteiger partial charge in [0, 0.05) is 10.9 Å². The molecule has 0 unspecified atom stereocenters. The Bertz CT molecular complexity index is 1310. The summed E-state index contributed by atoms with van der Waals surface area (Å²) in [6.45, 7) is 3.67. The molecular formula is C23H17Cl6NO5S. The number of allylic oxidation sites excluding steroid dienone is 2. The van der Waals surface area contributed by atoms with Gasteiger partial charge in [-0.25, -0.2) is 4.79 Å². The molecule has 2 aliphatic rings. The molecule has 2 N–H and O–H groups in total. The van der Waals surface area contributed by atoms with Crippen molar-refractivity contribution in [1.82, 2.24) is 0 Å². The van der Waals surface area contributed by atoms with Gasteiger partial charge in [0.05, 0.1) is 28.5 Å². The Hall–Kier alpha value is -1.19. The van der Waals surface area contributed by atoms with E-state index in [1.165, 1.54) is 0 Å². The van der Waals surface area contributed by atoms with Gasteiger partial charge in [0.1, 0.15) is 20.3 Å². The number of aryl methyl sites for hydroxylation is 1. The van der Waals surface area contributed by atoms with Gasteiger partial charge in [-0.15, -0.1) is 34.5 Å². The average molecular weight is 632 g/mol. The summed E-state index contributed by atoms with van der Waals surface area (Å²) < 4.78 is 2.97. The Morgan fingerprint density at radius 2 is 1.58 bits per heavy atom. The molecule has 2 aromatic rings. The highest BCUT2D eigenvalue weighted by molar-refractivity contribution is 7.15. The molecule has 0 radical (unpaired) electrons. The molecule has 1 saturated carbocycles. The summed E-state index contributed by atoms with van der Waals surface area (Å²) in [6.07, 6.45) is 0. The van der Waals surface area contributed by atoms with Crippen LogP contribution >= 0.6 is 80.9 Å². The smallest absolute Gasteiger partial charge is 0.341 e. The monoisotopic (exact) mass is 629 g/mol. The van der Waals surface area contributed by atoms with Gasteiger partial charge in [0.15, 0.2) is 4.33 Å². The Balaban J connectivity index is 1.80. The van der Waals surface area contributed by atoms with Crippen LogP contribution in [0.3, 0.4) is 0 Å². The van der Waals surface area contributed by atoms with Gasteiger partial charge in [-0.3, -0.25) is 9.59 Å². The third-order valence-electron chi connectivity index (χ3n) is 6.35. The molecule has 6 nitrogen and oxygen atoms in total. The third kappa shape index (κ3) is 3.69. The minimum Gasteiger partial charge on any atom is -0.481 e. The third-order valence-corrected chi connectivity index (χ3v) is 11.5. The Labute approximate surface area is 240 Å². The number of aliphatic carboxylic acids is 1. The molecular weight excluding hydrogens is 615 g/mol. The first-order valence-electron chi connectivity index (χ1n) is 10.5. The fraction of sp³-hybridized carbons (Fsp3) is 0.348. The number of fused-ring (bicyclic) bond motifs is 2. The van der Waals surface area contributed by atoms with Crippen molar-refractivity contribution >= 4 is 104 Å². The maximum Gasteiger partial charge on any atom is 0.341 e. The van der Waals surface area contributed by atoms with Crippen LogP contribution in [0.4, 0.5) is 5.00 Å². The fourth-order valence-electron chi connectivity index (χ4n) is 4.62. The molecule has 0 saturated heterocycles. The predicted molar refractivity (Wildman–Crippen MR) is 144 cm³/mol. The van der Waals surface area contributed by atoms with Crippen LogP contribution < -0.4 is 5.32 Å². The van der Waals surface area contributed by atoms with E-state index in [1.54, 1.807) is 12.3 Å². The van der Waals surface area contributed by atoms with E-state index in [2.05, 4.69) is 5.32 Å². The van der Waals surface area contributed by atoms with Crippen molar-refractivity contribution in [2.75, 3.05) is 11.9 Å². The Morgan fingerprint density at radius 3 is 2.11 bits per heavy atom. The number of thiophene rings is 1. The lowest BCUT2D eigenvalue weighted by atomic mass is 9.81. The number of halogens is 6. The van der Waals surface area contributed by atoms with Crippen LogP contribution in [0.25, 0.3) is 11.1 Å². The number of nitrogens with one attached hydrogen (secondary N) is 1. The lowest BCUT2D eigenvalue weighted by Gasteiger charge is -2.33. The van der Waals surface area contributed by atoms with E-state index in [4.69, 9.17) is 74.3 Å². The molecule has 2 aliphatic carbocycles. The highest BCUT2D eigenvalue weighted by Gasteiger charge is 2.85. The quantitative estimate of drug-likeness (QED) is 0.265. The van der Waals surface area contributed by atoms with E-state index >= 15 is 0 Å². The van der Waals surface area contributed by atoms with Crippen LogP contribution in [0.5, 0.6) is 0 Å². The van der Waals surface area contributed by atoms with Gasteiger partial charge < -0.3 is 15.2 Å². The molecule has 4 rings (SSSR count). The van der Waals surface area contributed by atoms with Gasteiger partial charge in [0.2, 0.25) is 5.91 Å². The van der Waals surface area contributed by atoms with Gasteiger partial charge in [0.25, 0.3) is 0 Å². The summed E-state index contributed by atoms with van der Waals surface area (Å²) in [4.78, 5) is 34.5. The lowest BCUT2D eigenvalue weighted by Crippen LogP contribution is -2.47. The van der Waals surface area contributed by atoms with Crippen LogP contribution in [-0.4, -0.2) is 43.6 Å². The zero-order chi connectivity index (χ0) is 26.8. The van der Waals surface area contributed by atoms with Crippen molar-refractivity contribution in [3.05, 3.63) is 50.8 Å². The van der Waals surface area contributed by atoms with E-state index in [0.29, 0.717) is 5.56 Å². The summed E-state index contributed by atoms with van der Waals surface area (Å²) in [5, 5.41) is 13.7. The van der Waals surface area contributed by atoms with Crippen molar-refractivity contribution in [1.29, 1.82) is 0 Å². The minimum absolute atomic E-state index is 0.0958. The number of anilines is 1. The van der Waals surface area contributed by atoms with Gasteiger partial charge in [-0.2, -0.15) is 0 Å². The Morgan fingerprint density at radius 1 is 1.03 bits per heavy atom. The number of esters is 1. The molecule has 36 heavy (non-hydrogen) atoms. The molecule has 1 aromatic carbocycles. The maximum absolute atomic E-state index is 13.6. The van der Waals surface area contributed by atoms with Crippen LogP contribution in [-0.2, 0) is 14.3 Å². The number of rotatable bonds is 6. The summed E-state index contributed by atoms with van der Waals surface area (Å²) in [7, 11) is 0. The number of benzene rings is 1. The van der Waals surface area contributed by atoms with E-state index in [0.717, 1.165) is 22.5 Å². The van der Waals surface area contributed by atoms with Crippen molar-refractivity contribution in [3.8, 4) is 11.1 Å². The van der Waals surface area contributed by atoms with E-state index in [1.807, 2.05) is 31.2 Å². The minimum atomic E-state index is -2.24. The number of ether oxygens (including phenoxy) is 1. The van der Waals surface area contributed by atoms with Gasteiger partial charge in [-0.1, -0.05) is 76.2 Å². The molecule has 1 fully saturated rings. The highest BCUT2D eigenvalue weighted by Crippen LogP contribution is 2.76. The van der Waals surface area contributed by atoms with E-state index in [-0.39, 0.29) is 27.2 Å². The molecule has 0 aliphatic heterocycles. The van der Waals surface area contributed by atoms with Crippen LogP contribution in [0, 0.1) is 18.8 Å². The van der Waals surface area contributed by atoms with Crippen molar-refractivity contribution in [2.24, 2.45) is 11.8 Å². The van der Waals surface area contributed by atoms with E-state index < -0.39 is 43.8 Å². The van der Waals surface area contributed by atoms with Crippen molar-refractivity contribution in [2.45, 2.75) is 27.9 Å². The highest BCUT2D eigenvalue weighted by atomic mass is 35.5. The second-order valence-corrected chi connectivity index (χ2v) is 12.5. The summed E-state index contributed by atoms with van der Waals surface area (Å²) in [5.74, 6) is -6.45. The van der Waals surface area contributed by atoms with Crippen molar-refractivity contribution < 1.29 is 24.2 Å². The molecule has 1 heterocycles. The van der Waals surface area contributed by atoms with Crippen LogP contribution in [0.1, 0.15) is 22.8 Å². The summed E-state index contributed by atoms with van der Waals surface area (Å²) in [5.41, 5.74) is 2.36. The number of carbonyl (C=O) groups excluding carboxylic acids is 2. The fourth-order valence-corrected chi connectivity index (χ4v) is 8.51. The first kappa shape index (κ1) is 27.8. The van der Waals surface area contributed by atoms with Gasteiger partial charge >= 0.3 is 11.9 Å². The van der Waals surface area contributed by atoms with Crippen molar-refractivity contribution in [3.63, 3.8) is 0 Å². The lowest BCUT2D eigenvalue weighted by molar-refractivity contribution is -0.146. The maximum atomic E-state index is 13.6. The standard InChI is InChI=1S/C23H17Cl6NO5S/c1-3-35-20(34)12-11(10-6-4-9(2)5-7-10)8-36-18(12)30-17(31)13-14(19(32)33)22(27)16(25)15(24)21(13,26)23(22,28)29/h4-8,13-14H,3H2,1-2H3,(H,30,31)(H,32,33)/t13-,14+,21-,22-/m1/s1. The number of carboxylic acid groups (broad SMARTS) is 1. The number of hydrogen-bond acceptors (Lipinski definition) is 5.